The molecule has 0 atom stereocenters. The van der Waals surface area contributed by atoms with Crippen molar-refractivity contribution >= 4 is 11.0 Å². The van der Waals surface area contributed by atoms with Gasteiger partial charge in [0.25, 0.3) is 0 Å². The summed E-state index contributed by atoms with van der Waals surface area (Å²) in [5, 5.41) is 12.0. The molecule has 21 heavy (non-hydrogen) atoms. The monoisotopic (exact) mass is 299 g/mol. The smallest absolute Gasteiger partial charge is 0.872 e. The Morgan fingerprint density at radius 1 is 1.24 bits per heavy atom. The van der Waals surface area contributed by atoms with Crippen molar-refractivity contribution in [3.05, 3.63) is 34.7 Å². The molecule has 0 aliphatic carbocycles. The zero-order chi connectivity index (χ0) is 14.5. The minimum absolute atomic E-state index is 0. The van der Waals surface area contributed by atoms with E-state index in [1.165, 1.54) is 0 Å². The van der Waals surface area contributed by atoms with Crippen molar-refractivity contribution in [1.82, 2.24) is 4.90 Å². The summed E-state index contributed by atoms with van der Waals surface area (Å²) < 4.78 is 10.6. The van der Waals surface area contributed by atoms with E-state index in [1.54, 1.807) is 18.2 Å². The van der Waals surface area contributed by atoms with Gasteiger partial charge in [-0.1, -0.05) is 19.6 Å². The Balaban J connectivity index is 0.00000220. The number of ether oxygens (including phenoxy) is 1. The average Bonchev–Trinajstić information content (AvgIpc) is 2.43. The van der Waals surface area contributed by atoms with Crippen LogP contribution in [0.4, 0.5) is 0 Å². The molecule has 0 fully saturated rings. The van der Waals surface area contributed by atoms with E-state index < -0.39 is 5.63 Å². The zero-order valence-electron chi connectivity index (χ0n) is 12.7. The van der Waals surface area contributed by atoms with Gasteiger partial charge in [0.05, 0.1) is 0 Å². The van der Waals surface area contributed by atoms with E-state index in [-0.39, 0.29) is 40.9 Å². The van der Waals surface area contributed by atoms with Gasteiger partial charge in [-0.2, -0.15) is 0 Å². The quantitative estimate of drug-likeness (QED) is 0.484. The molecule has 0 aliphatic heterocycles. The molecule has 1 aromatic heterocycles. The van der Waals surface area contributed by atoms with E-state index >= 15 is 0 Å². The number of likely N-dealkylation sites (N-methyl/N-ethyl adjacent to an activating group) is 1. The summed E-state index contributed by atoms with van der Waals surface area (Å²) >= 11 is 0. The van der Waals surface area contributed by atoms with Gasteiger partial charge in [-0.3, -0.25) is 0 Å². The summed E-state index contributed by atoms with van der Waals surface area (Å²) in [5.41, 5.74) is -0.370. The molecular formula is C15H18NNaO4. The van der Waals surface area contributed by atoms with Crippen LogP contribution < -0.4 is 45.0 Å². The first-order valence-electron chi connectivity index (χ1n) is 6.74. The number of fused-ring (bicyclic) bond motifs is 1. The van der Waals surface area contributed by atoms with Crippen molar-refractivity contribution in [3.8, 4) is 11.5 Å². The fourth-order valence-corrected chi connectivity index (χ4v) is 2.04. The molecule has 0 bridgehead atoms. The predicted molar refractivity (Wildman–Crippen MR) is 75.2 cm³/mol. The Kier molecular flexibility index (Phi) is 7.25. The van der Waals surface area contributed by atoms with Crippen LogP contribution >= 0.6 is 0 Å². The van der Waals surface area contributed by atoms with Crippen LogP contribution in [0.2, 0.25) is 0 Å². The SMILES string of the molecule is CCN(CC)CCOc1ccc2c([O-])cc(=O)oc2c1.[Na+]. The van der Waals surface area contributed by atoms with Crippen LogP contribution in [0.1, 0.15) is 13.8 Å². The molecule has 5 nitrogen and oxygen atoms in total. The molecule has 2 aromatic rings. The molecule has 0 aliphatic rings. The minimum Gasteiger partial charge on any atom is -0.872 e. The summed E-state index contributed by atoms with van der Waals surface area (Å²) in [6, 6.07) is 5.86. The molecule has 0 radical (unpaired) electrons. The summed E-state index contributed by atoms with van der Waals surface area (Å²) in [5.74, 6) is 0.268. The molecule has 6 heteroatoms. The van der Waals surface area contributed by atoms with E-state index in [1.807, 2.05) is 0 Å². The van der Waals surface area contributed by atoms with E-state index in [0.29, 0.717) is 17.7 Å². The number of hydrogen-bond donors (Lipinski definition) is 0. The van der Waals surface area contributed by atoms with Gasteiger partial charge in [0.15, 0.2) is 0 Å². The molecule has 1 heterocycles. The summed E-state index contributed by atoms with van der Waals surface area (Å²) in [6.07, 6.45) is 0. The van der Waals surface area contributed by atoms with Crippen LogP contribution in [0.25, 0.3) is 11.0 Å². The summed E-state index contributed by atoms with van der Waals surface area (Å²) in [4.78, 5) is 13.4. The van der Waals surface area contributed by atoms with Crippen molar-refractivity contribution < 1.29 is 43.8 Å². The van der Waals surface area contributed by atoms with Gasteiger partial charge >= 0.3 is 35.2 Å². The molecule has 0 N–H and O–H groups in total. The molecule has 0 saturated carbocycles. The first kappa shape index (κ1) is 18.0. The van der Waals surface area contributed by atoms with Gasteiger partial charge in [0.1, 0.15) is 17.9 Å². The molecular weight excluding hydrogens is 281 g/mol. The Hall–Kier alpha value is -1.01. The number of benzene rings is 1. The van der Waals surface area contributed by atoms with E-state index in [0.717, 1.165) is 25.7 Å². The van der Waals surface area contributed by atoms with Crippen LogP contribution in [-0.2, 0) is 0 Å². The number of rotatable bonds is 6. The minimum atomic E-state index is -0.636. The molecule has 0 unspecified atom stereocenters. The Morgan fingerprint density at radius 3 is 2.62 bits per heavy atom. The largest absolute Gasteiger partial charge is 1.00 e. The third kappa shape index (κ3) is 4.74. The Bertz CT molecular complexity index is 637. The van der Waals surface area contributed by atoms with Crippen molar-refractivity contribution in [3.63, 3.8) is 0 Å². The maximum Gasteiger partial charge on any atom is 1.00 e. The maximum absolute atomic E-state index is 11.6. The van der Waals surface area contributed by atoms with E-state index in [9.17, 15) is 9.90 Å². The van der Waals surface area contributed by atoms with Crippen LogP contribution in [0, 0.1) is 0 Å². The maximum atomic E-state index is 11.6. The molecule has 1 aromatic carbocycles. The van der Waals surface area contributed by atoms with E-state index in [4.69, 9.17) is 9.15 Å². The van der Waals surface area contributed by atoms with Crippen LogP contribution in [-0.4, -0.2) is 31.1 Å². The fraction of sp³-hybridized carbons (Fsp3) is 0.400. The molecule has 0 amide bonds. The average molecular weight is 299 g/mol. The predicted octanol–water partition coefficient (Wildman–Crippen LogP) is -1.41. The van der Waals surface area contributed by atoms with Gasteiger partial charge in [-0.05, 0) is 25.2 Å². The fourth-order valence-electron chi connectivity index (χ4n) is 2.04. The van der Waals surface area contributed by atoms with Crippen molar-refractivity contribution in [2.45, 2.75) is 13.8 Å². The van der Waals surface area contributed by atoms with Crippen LogP contribution in [0.5, 0.6) is 11.5 Å². The van der Waals surface area contributed by atoms with Crippen molar-refractivity contribution in [2.24, 2.45) is 0 Å². The van der Waals surface area contributed by atoms with Crippen molar-refractivity contribution in [2.75, 3.05) is 26.2 Å². The first-order chi connectivity index (χ1) is 9.63. The zero-order valence-corrected chi connectivity index (χ0v) is 14.7. The van der Waals surface area contributed by atoms with Crippen LogP contribution in [0.15, 0.2) is 33.5 Å². The second-order valence-electron chi connectivity index (χ2n) is 4.46. The van der Waals surface area contributed by atoms with Crippen molar-refractivity contribution in [1.29, 1.82) is 0 Å². The first-order valence-corrected chi connectivity index (χ1v) is 6.74. The standard InChI is InChI=1S/C15H19NO4.Na/c1-3-16(4-2)7-8-19-11-5-6-12-13(17)10-15(18)20-14(12)9-11;/h5-6,9-10,17H,3-4,7-8H2,1-2H3;/q;+1/p-1. The van der Waals surface area contributed by atoms with Gasteiger partial charge in [-0.25, -0.2) is 4.79 Å². The van der Waals surface area contributed by atoms with Gasteiger partial charge in [0, 0.05) is 24.1 Å². The molecule has 0 saturated heterocycles. The Morgan fingerprint density at radius 2 is 1.95 bits per heavy atom. The molecule has 0 spiro atoms. The topological polar surface area (TPSA) is 65.7 Å². The third-order valence-corrected chi connectivity index (χ3v) is 3.25. The summed E-state index contributed by atoms with van der Waals surface area (Å²) in [6.45, 7) is 7.54. The van der Waals surface area contributed by atoms with Gasteiger partial charge < -0.3 is 19.2 Å². The number of nitrogens with zero attached hydrogens (tertiary/aromatic N) is 1. The number of hydrogen-bond acceptors (Lipinski definition) is 5. The van der Waals surface area contributed by atoms with Crippen LogP contribution in [0.3, 0.4) is 0 Å². The second-order valence-corrected chi connectivity index (χ2v) is 4.46. The Labute approximate surface area is 145 Å². The van der Waals surface area contributed by atoms with Gasteiger partial charge in [-0.15, -0.1) is 0 Å². The second kappa shape index (κ2) is 8.44. The summed E-state index contributed by atoms with van der Waals surface area (Å²) in [7, 11) is 0. The van der Waals surface area contributed by atoms with Gasteiger partial charge in [0.2, 0.25) is 0 Å². The third-order valence-electron chi connectivity index (χ3n) is 3.25. The molecule has 108 valence electrons. The van der Waals surface area contributed by atoms with E-state index in [2.05, 4.69) is 18.7 Å². The normalized spacial score (nSPS) is 10.6. The molecule has 2 rings (SSSR count).